The van der Waals surface area contributed by atoms with Crippen LogP contribution in [0.2, 0.25) is 0 Å². The van der Waals surface area contributed by atoms with Gasteiger partial charge in [0.05, 0.1) is 6.10 Å². The van der Waals surface area contributed by atoms with Gasteiger partial charge in [0.1, 0.15) is 6.61 Å². The Morgan fingerprint density at radius 1 is 1.50 bits per heavy atom. The van der Waals surface area contributed by atoms with Gasteiger partial charge in [0.15, 0.2) is 0 Å². The maximum atomic E-state index is 5.81. The fraction of sp³-hybridized carbons (Fsp3) is 0.800. The summed E-state index contributed by atoms with van der Waals surface area (Å²) in [6, 6.07) is 0.346. The summed E-state index contributed by atoms with van der Waals surface area (Å²) in [4.78, 5) is 0. The third-order valence-electron chi connectivity index (χ3n) is 2.23. The molecule has 2 nitrogen and oxygen atoms in total. The first-order chi connectivity index (χ1) is 5.83. The zero-order valence-electron chi connectivity index (χ0n) is 7.68. The smallest absolute Gasteiger partial charge is 0.108 e. The highest BCUT2D eigenvalue weighted by atomic mass is 16.5. The van der Waals surface area contributed by atoms with E-state index in [0.717, 1.165) is 19.3 Å². The van der Waals surface area contributed by atoms with Crippen LogP contribution in [-0.4, -0.2) is 18.8 Å². The van der Waals surface area contributed by atoms with E-state index in [1.807, 2.05) is 6.92 Å². The van der Waals surface area contributed by atoms with Crippen LogP contribution in [0, 0.1) is 11.8 Å². The zero-order chi connectivity index (χ0) is 8.81. The molecule has 2 N–H and O–H groups in total. The monoisotopic (exact) mass is 167 g/mol. The van der Waals surface area contributed by atoms with Crippen molar-refractivity contribution in [1.82, 2.24) is 0 Å². The highest BCUT2D eigenvalue weighted by Gasteiger charge is 2.18. The minimum atomic E-state index is 0.346. The first-order valence-electron chi connectivity index (χ1n) is 4.59. The van der Waals surface area contributed by atoms with Crippen molar-refractivity contribution in [3.63, 3.8) is 0 Å². The van der Waals surface area contributed by atoms with Gasteiger partial charge in [-0.1, -0.05) is 5.92 Å². The molecule has 0 spiro atoms. The van der Waals surface area contributed by atoms with Crippen molar-refractivity contribution in [1.29, 1.82) is 0 Å². The lowest BCUT2D eigenvalue weighted by Gasteiger charge is -2.25. The van der Waals surface area contributed by atoms with Crippen molar-refractivity contribution in [2.75, 3.05) is 6.61 Å². The molecule has 1 saturated carbocycles. The third kappa shape index (κ3) is 3.25. The molecular weight excluding hydrogens is 150 g/mol. The molecule has 0 amide bonds. The Balaban J connectivity index is 2.17. The summed E-state index contributed by atoms with van der Waals surface area (Å²) in [6.45, 7) is 2.39. The second-order valence-electron chi connectivity index (χ2n) is 3.29. The van der Waals surface area contributed by atoms with E-state index in [1.165, 1.54) is 6.42 Å². The minimum Gasteiger partial charge on any atom is -0.365 e. The summed E-state index contributed by atoms with van der Waals surface area (Å²) in [7, 11) is 0. The summed E-state index contributed by atoms with van der Waals surface area (Å²) < 4.78 is 5.54. The second kappa shape index (κ2) is 5.18. The van der Waals surface area contributed by atoms with Crippen molar-refractivity contribution in [3.8, 4) is 11.8 Å². The Labute approximate surface area is 74.5 Å². The lowest BCUT2D eigenvalue weighted by atomic mass is 9.94. The SMILES string of the molecule is CC#CCOC1CCCC(N)C1. The van der Waals surface area contributed by atoms with Gasteiger partial charge in [-0.05, 0) is 32.6 Å². The zero-order valence-corrected chi connectivity index (χ0v) is 7.68. The molecule has 2 atom stereocenters. The van der Waals surface area contributed by atoms with E-state index < -0.39 is 0 Å². The maximum Gasteiger partial charge on any atom is 0.108 e. The Morgan fingerprint density at radius 3 is 3.00 bits per heavy atom. The predicted octanol–water partition coefficient (Wildman–Crippen LogP) is 1.30. The number of hydrogen-bond donors (Lipinski definition) is 1. The average Bonchev–Trinajstić information content (AvgIpc) is 2.05. The molecule has 68 valence electrons. The molecule has 0 aromatic rings. The van der Waals surface area contributed by atoms with Gasteiger partial charge in [-0.2, -0.15) is 0 Å². The highest BCUT2D eigenvalue weighted by Crippen LogP contribution is 2.19. The number of hydrogen-bond acceptors (Lipinski definition) is 2. The quantitative estimate of drug-likeness (QED) is 0.629. The normalized spacial score (nSPS) is 29.2. The minimum absolute atomic E-state index is 0.346. The van der Waals surface area contributed by atoms with Crippen LogP contribution in [0.1, 0.15) is 32.6 Å². The number of ether oxygens (including phenoxy) is 1. The first-order valence-corrected chi connectivity index (χ1v) is 4.59. The van der Waals surface area contributed by atoms with E-state index in [0.29, 0.717) is 18.8 Å². The molecule has 2 unspecified atom stereocenters. The molecule has 12 heavy (non-hydrogen) atoms. The molecule has 0 saturated heterocycles. The van der Waals surface area contributed by atoms with Crippen molar-refractivity contribution < 1.29 is 4.74 Å². The van der Waals surface area contributed by atoms with Crippen LogP contribution in [-0.2, 0) is 4.74 Å². The Bertz CT molecular complexity index is 180. The molecule has 1 aliphatic rings. The van der Waals surface area contributed by atoms with E-state index >= 15 is 0 Å². The standard InChI is InChI=1S/C10H17NO/c1-2-3-7-12-10-6-4-5-9(11)8-10/h9-10H,4-8,11H2,1H3. The molecule has 0 bridgehead atoms. The average molecular weight is 167 g/mol. The van der Waals surface area contributed by atoms with Crippen LogP contribution in [0.15, 0.2) is 0 Å². The topological polar surface area (TPSA) is 35.2 Å². The molecule has 0 heterocycles. The van der Waals surface area contributed by atoms with Crippen LogP contribution in [0.4, 0.5) is 0 Å². The maximum absolute atomic E-state index is 5.81. The Kier molecular flexibility index (Phi) is 4.13. The lowest BCUT2D eigenvalue weighted by Crippen LogP contribution is -2.32. The summed E-state index contributed by atoms with van der Waals surface area (Å²) in [5, 5.41) is 0. The highest BCUT2D eigenvalue weighted by molar-refractivity contribution is 4.95. The summed E-state index contributed by atoms with van der Waals surface area (Å²) in [6.07, 6.45) is 4.87. The van der Waals surface area contributed by atoms with Gasteiger partial charge in [-0.15, -0.1) is 5.92 Å². The van der Waals surface area contributed by atoms with Gasteiger partial charge in [-0.25, -0.2) is 0 Å². The largest absolute Gasteiger partial charge is 0.365 e. The van der Waals surface area contributed by atoms with Crippen LogP contribution >= 0.6 is 0 Å². The fourth-order valence-corrected chi connectivity index (χ4v) is 1.56. The molecule has 1 rings (SSSR count). The number of nitrogens with two attached hydrogens (primary N) is 1. The van der Waals surface area contributed by atoms with Gasteiger partial charge in [0, 0.05) is 6.04 Å². The molecule has 0 aliphatic heterocycles. The van der Waals surface area contributed by atoms with E-state index in [9.17, 15) is 0 Å². The third-order valence-corrected chi connectivity index (χ3v) is 2.23. The van der Waals surface area contributed by atoms with E-state index in [2.05, 4.69) is 11.8 Å². The van der Waals surface area contributed by atoms with Crippen molar-refractivity contribution in [3.05, 3.63) is 0 Å². The summed E-state index contributed by atoms with van der Waals surface area (Å²) in [5.41, 5.74) is 5.81. The second-order valence-corrected chi connectivity index (χ2v) is 3.29. The van der Waals surface area contributed by atoms with Crippen LogP contribution in [0.3, 0.4) is 0 Å². The number of rotatable bonds is 2. The van der Waals surface area contributed by atoms with Crippen molar-refractivity contribution >= 4 is 0 Å². The molecule has 0 radical (unpaired) electrons. The molecule has 2 heteroatoms. The van der Waals surface area contributed by atoms with Gasteiger partial charge >= 0.3 is 0 Å². The van der Waals surface area contributed by atoms with Crippen LogP contribution < -0.4 is 5.73 Å². The predicted molar refractivity (Wildman–Crippen MR) is 49.6 cm³/mol. The summed E-state index contributed by atoms with van der Waals surface area (Å²) >= 11 is 0. The van der Waals surface area contributed by atoms with Crippen molar-refractivity contribution in [2.24, 2.45) is 5.73 Å². The van der Waals surface area contributed by atoms with Gasteiger partial charge in [-0.3, -0.25) is 0 Å². The molecule has 1 fully saturated rings. The molecular formula is C10H17NO. The Hall–Kier alpha value is -0.520. The fourth-order valence-electron chi connectivity index (χ4n) is 1.56. The van der Waals surface area contributed by atoms with E-state index in [-0.39, 0.29) is 0 Å². The Morgan fingerprint density at radius 2 is 2.33 bits per heavy atom. The van der Waals surface area contributed by atoms with Gasteiger partial charge < -0.3 is 10.5 Å². The van der Waals surface area contributed by atoms with E-state index in [1.54, 1.807) is 0 Å². The van der Waals surface area contributed by atoms with Crippen molar-refractivity contribution in [2.45, 2.75) is 44.8 Å². The molecule has 0 aromatic carbocycles. The van der Waals surface area contributed by atoms with Gasteiger partial charge in [0.2, 0.25) is 0 Å². The summed E-state index contributed by atoms with van der Waals surface area (Å²) in [5.74, 6) is 5.71. The van der Waals surface area contributed by atoms with Crippen LogP contribution in [0.5, 0.6) is 0 Å². The molecule has 1 aliphatic carbocycles. The van der Waals surface area contributed by atoms with Gasteiger partial charge in [0.25, 0.3) is 0 Å². The van der Waals surface area contributed by atoms with E-state index in [4.69, 9.17) is 10.5 Å². The molecule has 0 aromatic heterocycles. The van der Waals surface area contributed by atoms with Crippen LogP contribution in [0.25, 0.3) is 0 Å². The first kappa shape index (κ1) is 9.57. The lowest BCUT2D eigenvalue weighted by molar-refractivity contribution is 0.0440.